The van der Waals surface area contributed by atoms with Crippen LogP contribution in [0.15, 0.2) is 42.6 Å². The van der Waals surface area contributed by atoms with E-state index < -0.39 is 0 Å². The van der Waals surface area contributed by atoms with Gasteiger partial charge in [-0.1, -0.05) is 18.2 Å². The van der Waals surface area contributed by atoms with E-state index in [4.69, 9.17) is 5.73 Å². The van der Waals surface area contributed by atoms with E-state index in [-0.39, 0.29) is 0 Å². The molecule has 1 aromatic heterocycles. The first-order valence-electron chi connectivity index (χ1n) is 6.86. The predicted octanol–water partition coefficient (Wildman–Crippen LogP) is 3.01. The molecule has 1 aromatic carbocycles. The summed E-state index contributed by atoms with van der Waals surface area (Å²) in [5.74, 6) is 0.598. The molecule has 2 aromatic rings. The van der Waals surface area contributed by atoms with Crippen molar-refractivity contribution in [1.82, 2.24) is 4.98 Å². The van der Waals surface area contributed by atoms with Crippen LogP contribution in [-0.2, 0) is 13.0 Å². The van der Waals surface area contributed by atoms with Gasteiger partial charge in [0.25, 0.3) is 0 Å². The van der Waals surface area contributed by atoms with Crippen LogP contribution in [0.5, 0.6) is 0 Å². The molecule has 0 fully saturated rings. The number of fused-ring (bicyclic) bond motifs is 1. The monoisotopic (exact) mass is 253 g/mol. The Balaban J connectivity index is 1.88. The van der Waals surface area contributed by atoms with E-state index in [9.17, 15) is 0 Å². The van der Waals surface area contributed by atoms with Gasteiger partial charge in [0.2, 0.25) is 0 Å². The summed E-state index contributed by atoms with van der Waals surface area (Å²) in [5.41, 5.74) is 9.82. The molecule has 0 aliphatic carbocycles. The fourth-order valence-electron chi connectivity index (χ4n) is 2.75. The van der Waals surface area contributed by atoms with Crippen LogP contribution in [0, 0.1) is 0 Å². The van der Waals surface area contributed by atoms with E-state index in [2.05, 4.69) is 34.1 Å². The highest BCUT2D eigenvalue weighted by Gasteiger charge is 2.14. The number of hydrogen-bond acceptors (Lipinski definition) is 3. The molecule has 2 heterocycles. The summed E-state index contributed by atoms with van der Waals surface area (Å²) in [5, 5.41) is 0. The molecule has 0 amide bonds. The zero-order chi connectivity index (χ0) is 13.1. The lowest BCUT2D eigenvalue weighted by Crippen LogP contribution is -2.23. The highest BCUT2D eigenvalue weighted by molar-refractivity contribution is 5.55. The van der Waals surface area contributed by atoms with E-state index >= 15 is 0 Å². The van der Waals surface area contributed by atoms with Crippen molar-refractivity contribution in [3.8, 4) is 0 Å². The third-order valence-corrected chi connectivity index (χ3v) is 3.68. The summed E-state index contributed by atoms with van der Waals surface area (Å²) < 4.78 is 0. The van der Waals surface area contributed by atoms with Gasteiger partial charge in [-0.2, -0.15) is 0 Å². The number of benzene rings is 1. The second kappa shape index (κ2) is 5.31. The standard InChI is InChI=1S/C16H19N3/c17-16-11-13(8-9-18-16)12-19-10-4-3-6-14-5-1-2-7-15(14)19/h1-2,5,7-9,11H,3-4,6,10,12H2,(H2,17,18). The van der Waals surface area contributed by atoms with Gasteiger partial charge in [-0.15, -0.1) is 0 Å². The molecule has 0 saturated heterocycles. The third-order valence-electron chi connectivity index (χ3n) is 3.68. The largest absolute Gasteiger partial charge is 0.384 e. The summed E-state index contributed by atoms with van der Waals surface area (Å²) >= 11 is 0. The van der Waals surface area contributed by atoms with Crippen LogP contribution >= 0.6 is 0 Å². The topological polar surface area (TPSA) is 42.1 Å². The first-order valence-corrected chi connectivity index (χ1v) is 6.86. The molecule has 0 radical (unpaired) electrons. The van der Waals surface area contributed by atoms with Crippen molar-refractivity contribution in [2.45, 2.75) is 25.8 Å². The van der Waals surface area contributed by atoms with Crippen molar-refractivity contribution in [3.63, 3.8) is 0 Å². The summed E-state index contributed by atoms with van der Waals surface area (Å²) in [6.07, 6.45) is 5.49. The third kappa shape index (κ3) is 2.70. The number of aromatic nitrogens is 1. The number of nitrogens with zero attached hydrogens (tertiary/aromatic N) is 2. The van der Waals surface area contributed by atoms with E-state index in [0.29, 0.717) is 5.82 Å². The molecule has 3 nitrogen and oxygen atoms in total. The van der Waals surface area contributed by atoms with Gasteiger partial charge in [0.15, 0.2) is 0 Å². The van der Waals surface area contributed by atoms with Crippen LogP contribution in [0.2, 0.25) is 0 Å². The number of rotatable bonds is 2. The van der Waals surface area contributed by atoms with Crippen molar-refractivity contribution in [3.05, 3.63) is 53.7 Å². The number of hydrogen-bond donors (Lipinski definition) is 1. The van der Waals surface area contributed by atoms with E-state index in [1.807, 2.05) is 12.1 Å². The second-order valence-corrected chi connectivity index (χ2v) is 5.10. The highest BCUT2D eigenvalue weighted by Crippen LogP contribution is 2.27. The van der Waals surface area contributed by atoms with Crippen molar-refractivity contribution in [2.75, 3.05) is 17.2 Å². The van der Waals surface area contributed by atoms with Crippen molar-refractivity contribution >= 4 is 11.5 Å². The maximum Gasteiger partial charge on any atom is 0.123 e. The highest BCUT2D eigenvalue weighted by atomic mass is 15.1. The van der Waals surface area contributed by atoms with Gasteiger partial charge < -0.3 is 10.6 Å². The molecule has 19 heavy (non-hydrogen) atoms. The van der Waals surface area contributed by atoms with Gasteiger partial charge in [0.05, 0.1) is 0 Å². The molecule has 98 valence electrons. The van der Waals surface area contributed by atoms with Gasteiger partial charge >= 0.3 is 0 Å². The zero-order valence-corrected chi connectivity index (χ0v) is 11.0. The van der Waals surface area contributed by atoms with Gasteiger partial charge in [-0.05, 0) is 48.6 Å². The molecular formula is C16H19N3. The Morgan fingerprint density at radius 3 is 2.95 bits per heavy atom. The summed E-state index contributed by atoms with van der Waals surface area (Å²) in [6, 6.07) is 12.7. The lowest BCUT2D eigenvalue weighted by Gasteiger charge is -2.25. The Morgan fingerprint density at radius 1 is 1.16 bits per heavy atom. The van der Waals surface area contributed by atoms with Crippen LogP contribution in [-0.4, -0.2) is 11.5 Å². The SMILES string of the molecule is Nc1cc(CN2CCCCc3ccccc32)ccn1. The fourth-order valence-corrected chi connectivity index (χ4v) is 2.75. The lowest BCUT2D eigenvalue weighted by atomic mass is 10.1. The van der Waals surface area contributed by atoms with Gasteiger partial charge in [-0.3, -0.25) is 0 Å². The van der Waals surface area contributed by atoms with Crippen LogP contribution in [0.4, 0.5) is 11.5 Å². The molecule has 0 spiro atoms. The molecule has 3 rings (SSSR count). The van der Waals surface area contributed by atoms with Crippen LogP contribution in [0.25, 0.3) is 0 Å². The van der Waals surface area contributed by atoms with Gasteiger partial charge in [-0.25, -0.2) is 4.98 Å². The molecule has 0 saturated carbocycles. The average Bonchev–Trinajstić information content (AvgIpc) is 2.62. The zero-order valence-electron chi connectivity index (χ0n) is 11.0. The molecule has 0 atom stereocenters. The Kier molecular flexibility index (Phi) is 3.36. The van der Waals surface area contributed by atoms with Gasteiger partial charge in [0, 0.05) is 25.0 Å². The smallest absolute Gasteiger partial charge is 0.123 e. The van der Waals surface area contributed by atoms with E-state index in [0.717, 1.165) is 13.1 Å². The molecule has 1 aliphatic heterocycles. The molecule has 0 unspecified atom stereocenters. The lowest BCUT2D eigenvalue weighted by molar-refractivity contribution is 0.714. The molecule has 2 N–H and O–H groups in total. The Morgan fingerprint density at radius 2 is 2.05 bits per heavy atom. The second-order valence-electron chi connectivity index (χ2n) is 5.10. The van der Waals surface area contributed by atoms with Gasteiger partial charge in [0.1, 0.15) is 5.82 Å². The molecule has 1 aliphatic rings. The maximum atomic E-state index is 5.76. The minimum atomic E-state index is 0.598. The quantitative estimate of drug-likeness (QED) is 0.894. The number of aryl methyl sites for hydroxylation is 1. The van der Waals surface area contributed by atoms with E-state index in [1.54, 1.807) is 6.20 Å². The van der Waals surface area contributed by atoms with Crippen molar-refractivity contribution < 1.29 is 0 Å². The summed E-state index contributed by atoms with van der Waals surface area (Å²) in [7, 11) is 0. The summed E-state index contributed by atoms with van der Waals surface area (Å²) in [6.45, 7) is 2.02. The Labute approximate surface area is 114 Å². The van der Waals surface area contributed by atoms with Crippen molar-refractivity contribution in [1.29, 1.82) is 0 Å². The number of anilines is 2. The number of nitrogens with two attached hydrogens (primary N) is 1. The van der Waals surface area contributed by atoms with Crippen molar-refractivity contribution in [2.24, 2.45) is 0 Å². The Bertz CT molecular complexity index is 565. The molecule has 0 bridgehead atoms. The molecule has 3 heteroatoms. The fraction of sp³-hybridized carbons (Fsp3) is 0.312. The minimum Gasteiger partial charge on any atom is -0.384 e. The van der Waals surface area contributed by atoms with Crippen LogP contribution < -0.4 is 10.6 Å². The Hall–Kier alpha value is -2.03. The average molecular weight is 253 g/mol. The number of pyridine rings is 1. The number of nitrogen functional groups attached to an aromatic ring is 1. The first kappa shape index (κ1) is 12.0. The predicted molar refractivity (Wildman–Crippen MR) is 79.1 cm³/mol. The van der Waals surface area contributed by atoms with E-state index in [1.165, 1.54) is 36.1 Å². The number of para-hydroxylation sites is 1. The van der Waals surface area contributed by atoms with Crippen LogP contribution in [0.3, 0.4) is 0 Å². The van der Waals surface area contributed by atoms with Crippen LogP contribution in [0.1, 0.15) is 24.0 Å². The molecular weight excluding hydrogens is 234 g/mol. The maximum absolute atomic E-state index is 5.76. The summed E-state index contributed by atoms with van der Waals surface area (Å²) in [4.78, 5) is 6.51. The minimum absolute atomic E-state index is 0.598. The first-order chi connectivity index (χ1) is 9.33. The normalized spacial score (nSPS) is 14.8.